The highest BCUT2D eigenvalue weighted by Gasteiger charge is 2.14. The lowest BCUT2D eigenvalue weighted by atomic mass is 9.92. The lowest BCUT2D eigenvalue weighted by Crippen LogP contribution is -2.25. The van der Waals surface area contributed by atoms with E-state index in [0.29, 0.717) is 0 Å². The van der Waals surface area contributed by atoms with E-state index in [0.717, 1.165) is 24.0 Å². The van der Waals surface area contributed by atoms with Gasteiger partial charge in [0, 0.05) is 5.57 Å². The Morgan fingerprint density at radius 2 is 2.19 bits per heavy atom. The van der Waals surface area contributed by atoms with Gasteiger partial charge in [-0.15, -0.1) is 0 Å². The predicted octanol–water partition coefficient (Wildman–Crippen LogP) is 1.03. The van der Waals surface area contributed by atoms with Crippen molar-refractivity contribution >= 4 is 18.3 Å². The Labute approximate surface area is 93.8 Å². The number of benzene rings is 1. The van der Waals surface area contributed by atoms with E-state index in [4.69, 9.17) is 5.84 Å². The Morgan fingerprint density at radius 3 is 3.00 bits per heavy atom. The second-order valence-electron chi connectivity index (χ2n) is 3.62. The Morgan fingerprint density at radius 1 is 1.38 bits per heavy atom. The summed E-state index contributed by atoms with van der Waals surface area (Å²) < 4.78 is 0. The second-order valence-corrected chi connectivity index (χ2v) is 3.62. The standard InChI is InChI=1S/C12H13N3O/c13-15-8-14-12(16)11-6-5-9-3-1-2-4-10(9)7-11/h1-4,7-8H,5-6,13H2,(H,14,15,16). The number of rotatable bonds is 2. The molecule has 4 heteroatoms. The summed E-state index contributed by atoms with van der Waals surface area (Å²) in [6, 6.07) is 8.08. The zero-order chi connectivity index (χ0) is 11.4. The van der Waals surface area contributed by atoms with Gasteiger partial charge in [0.2, 0.25) is 0 Å². The van der Waals surface area contributed by atoms with Crippen LogP contribution in [0.25, 0.3) is 6.08 Å². The van der Waals surface area contributed by atoms with Gasteiger partial charge >= 0.3 is 0 Å². The van der Waals surface area contributed by atoms with E-state index in [1.807, 2.05) is 24.3 Å². The molecule has 1 amide bonds. The Bertz CT molecular complexity index is 463. The first-order chi connectivity index (χ1) is 7.81. The normalized spacial score (nSPS) is 14.4. The number of carbonyl (C=O) groups excluding carboxylic acids is 1. The van der Waals surface area contributed by atoms with Gasteiger partial charge in [0.1, 0.15) is 6.34 Å². The molecule has 0 radical (unpaired) electrons. The number of aryl methyl sites for hydroxylation is 1. The van der Waals surface area contributed by atoms with Crippen molar-refractivity contribution in [3.8, 4) is 0 Å². The zero-order valence-electron chi connectivity index (χ0n) is 8.81. The monoisotopic (exact) mass is 215 g/mol. The quantitative estimate of drug-likeness (QED) is 0.335. The number of nitrogens with zero attached hydrogens (tertiary/aromatic N) is 1. The fourth-order valence-electron chi connectivity index (χ4n) is 1.80. The van der Waals surface area contributed by atoms with Crippen molar-refractivity contribution in [2.45, 2.75) is 12.8 Å². The van der Waals surface area contributed by atoms with E-state index < -0.39 is 0 Å². The van der Waals surface area contributed by atoms with Crippen LogP contribution >= 0.6 is 0 Å². The lowest BCUT2D eigenvalue weighted by molar-refractivity contribution is -0.116. The molecule has 0 saturated heterocycles. The number of amides is 1. The minimum absolute atomic E-state index is 0.135. The van der Waals surface area contributed by atoms with Gasteiger partial charge in [-0.3, -0.25) is 4.79 Å². The van der Waals surface area contributed by atoms with Crippen LogP contribution < -0.4 is 11.2 Å². The molecule has 16 heavy (non-hydrogen) atoms. The molecule has 0 aromatic heterocycles. The number of nitrogens with one attached hydrogen (secondary N) is 1. The van der Waals surface area contributed by atoms with Crippen LogP contribution in [-0.4, -0.2) is 12.2 Å². The number of hydrogen-bond acceptors (Lipinski definition) is 3. The minimum atomic E-state index is -0.135. The molecule has 3 N–H and O–H groups in total. The molecule has 0 fully saturated rings. The lowest BCUT2D eigenvalue weighted by Gasteiger charge is -2.14. The van der Waals surface area contributed by atoms with Crippen LogP contribution in [0.4, 0.5) is 0 Å². The third-order valence-electron chi connectivity index (χ3n) is 2.61. The Balaban J connectivity index is 2.20. The zero-order valence-corrected chi connectivity index (χ0v) is 8.81. The molecule has 0 spiro atoms. The van der Waals surface area contributed by atoms with E-state index >= 15 is 0 Å². The van der Waals surface area contributed by atoms with E-state index in [1.165, 1.54) is 11.9 Å². The number of nitrogens with two attached hydrogens (primary N) is 1. The molecule has 0 aliphatic heterocycles. The smallest absolute Gasteiger partial charge is 0.252 e. The highest BCUT2D eigenvalue weighted by atomic mass is 16.1. The molecule has 1 aliphatic carbocycles. The number of hydrazone groups is 1. The molecule has 2 rings (SSSR count). The first kappa shape index (κ1) is 10.4. The molecule has 1 aliphatic rings. The predicted molar refractivity (Wildman–Crippen MR) is 63.6 cm³/mol. The van der Waals surface area contributed by atoms with E-state index in [9.17, 15) is 4.79 Å². The van der Waals surface area contributed by atoms with Crippen molar-refractivity contribution in [3.63, 3.8) is 0 Å². The molecule has 4 nitrogen and oxygen atoms in total. The third-order valence-corrected chi connectivity index (χ3v) is 2.61. The van der Waals surface area contributed by atoms with Crippen LogP contribution in [0.15, 0.2) is 34.9 Å². The van der Waals surface area contributed by atoms with Crippen LogP contribution in [0.1, 0.15) is 17.5 Å². The number of fused-ring (bicyclic) bond motifs is 1. The largest absolute Gasteiger partial charge is 0.322 e. The van der Waals surface area contributed by atoms with Gasteiger partial charge in [0.05, 0.1) is 0 Å². The van der Waals surface area contributed by atoms with Gasteiger partial charge in [-0.25, -0.2) is 0 Å². The summed E-state index contributed by atoms with van der Waals surface area (Å²) in [5.74, 6) is 4.78. The van der Waals surface area contributed by atoms with Gasteiger partial charge < -0.3 is 11.2 Å². The number of hydrogen-bond donors (Lipinski definition) is 2. The van der Waals surface area contributed by atoms with Gasteiger partial charge in [0.15, 0.2) is 0 Å². The minimum Gasteiger partial charge on any atom is -0.322 e. The molecule has 1 aromatic rings. The maximum absolute atomic E-state index is 11.6. The van der Waals surface area contributed by atoms with Crippen molar-refractivity contribution in [1.29, 1.82) is 0 Å². The summed E-state index contributed by atoms with van der Waals surface area (Å²) in [6.07, 6.45) is 4.76. The Kier molecular flexibility index (Phi) is 3.00. The highest BCUT2D eigenvalue weighted by Crippen LogP contribution is 2.23. The third kappa shape index (κ3) is 2.11. The molecule has 0 heterocycles. The topological polar surface area (TPSA) is 67.5 Å². The van der Waals surface area contributed by atoms with Crippen LogP contribution in [0.5, 0.6) is 0 Å². The molecule has 0 saturated carbocycles. The van der Waals surface area contributed by atoms with Crippen molar-refractivity contribution in [1.82, 2.24) is 5.32 Å². The molecule has 82 valence electrons. The molecular formula is C12H13N3O. The van der Waals surface area contributed by atoms with Crippen LogP contribution in [-0.2, 0) is 11.2 Å². The molecule has 0 atom stereocenters. The van der Waals surface area contributed by atoms with Crippen LogP contribution in [0.2, 0.25) is 0 Å². The van der Waals surface area contributed by atoms with Crippen molar-refractivity contribution in [3.05, 3.63) is 41.0 Å². The number of carbonyl (C=O) groups is 1. The summed E-state index contributed by atoms with van der Waals surface area (Å²) >= 11 is 0. The van der Waals surface area contributed by atoms with Crippen LogP contribution in [0.3, 0.4) is 0 Å². The molecule has 0 bridgehead atoms. The summed E-state index contributed by atoms with van der Waals surface area (Å²) in [5, 5.41) is 5.74. The van der Waals surface area contributed by atoms with E-state index in [2.05, 4.69) is 16.5 Å². The first-order valence-electron chi connectivity index (χ1n) is 5.12. The maximum atomic E-state index is 11.6. The van der Waals surface area contributed by atoms with E-state index in [1.54, 1.807) is 0 Å². The fraction of sp³-hybridized carbons (Fsp3) is 0.167. The second kappa shape index (κ2) is 4.61. The molecule has 1 aromatic carbocycles. The summed E-state index contributed by atoms with van der Waals surface area (Å²) in [5.41, 5.74) is 3.16. The van der Waals surface area contributed by atoms with Gasteiger partial charge in [-0.1, -0.05) is 24.3 Å². The van der Waals surface area contributed by atoms with Gasteiger partial charge in [-0.05, 0) is 30.0 Å². The SMILES string of the molecule is NN=CNC(=O)C1=Cc2ccccc2CC1. The first-order valence-corrected chi connectivity index (χ1v) is 5.12. The summed E-state index contributed by atoms with van der Waals surface area (Å²) in [6.45, 7) is 0. The van der Waals surface area contributed by atoms with Gasteiger partial charge in [-0.2, -0.15) is 5.10 Å². The van der Waals surface area contributed by atoms with Crippen molar-refractivity contribution in [2.24, 2.45) is 10.9 Å². The highest BCUT2D eigenvalue weighted by molar-refractivity contribution is 6.03. The van der Waals surface area contributed by atoms with Gasteiger partial charge in [0.25, 0.3) is 5.91 Å². The van der Waals surface area contributed by atoms with E-state index in [-0.39, 0.29) is 5.91 Å². The molecule has 0 unspecified atom stereocenters. The van der Waals surface area contributed by atoms with Crippen molar-refractivity contribution in [2.75, 3.05) is 0 Å². The summed E-state index contributed by atoms with van der Waals surface area (Å²) in [4.78, 5) is 11.6. The van der Waals surface area contributed by atoms with Crippen LogP contribution in [0, 0.1) is 0 Å². The van der Waals surface area contributed by atoms with Crippen molar-refractivity contribution < 1.29 is 4.79 Å². The average Bonchev–Trinajstić information content (AvgIpc) is 2.35. The maximum Gasteiger partial charge on any atom is 0.252 e. The molecular weight excluding hydrogens is 202 g/mol. The Hall–Kier alpha value is -2.10. The average molecular weight is 215 g/mol. The summed E-state index contributed by atoms with van der Waals surface area (Å²) in [7, 11) is 0. The fourth-order valence-corrected chi connectivity index (χ4v) is 1.80.